The van der Waals surface area contributed by atoms with Crippen LogP contribution < -0.4 is 23.5 Å². The summed E-state index contributed by atoms with van der Waals surface area (Å²) < 4.78 is 4.97. The highest BCUT2D eigenvalue weighted by molar-refractivity contribution is 5.96. The number of rotatable bonds is 3. The molecule has 8 N–H and O–H groups in total. The van der Waals surface area contributed by atoms with Crippen LogP contribution in [-0.2, 0) is 19.1 Å². The van der Waals surface area contributed by atoms with E-state index in [-0.39, 0.29) is 24.4 Å². The highest BCUT2D eigenvalue weighted by Gasteiger charge is 2.60. The molecule has 1 aliphatic carbocycles. The van der Waals surface area contributed by atoms with E-state index in [2.05, 4.69) is 11.1 Å². The van der Waals surface area contributed by atoms with Crippen molar-refractivity contribution in [1.82, 2.24) is 5.32 Å². The minimum Gasteiger partial charge on any atom is -1.00 e. The number of carboxylic acids is 1. The van der Waals surface area contributed by atoms with Gasteiger partial charge in [-0.25, -0.2) is 9.59 Å². The summed E-state index contributed by atoms with van der Waals surface area (Å²) >= 11 is 0. The fraction of sp³-hybridized carbons (Fsp3) is 0.643. The molecule has 0 aromatic rings. The maximum Gasteiger partial charge on any atom is 0.350 e. The number of esters is 1. The van der Waals surface area contributed by atoms with E-state index in [0.29, 0.717) is 0 Å². The minimum absolute atomic E-state index is 0. The summed E-state index contributed by atoms with van der Waals surface area (Å²) in [6.07, 6.45) is -3.36. The zero-order chi connectivity index (χ0) is 18.4. The number of halogens is 1. The Hall–Kier alpha value is -1.88. The summed E-state index contributed by atoms with van der Waals surface area (Å²) in [5.41, 5.74) is 0.998. The maximum absolute atomic E-state index is 12.2. The molecule has 1 aliphatic heterocycles. The van der Waals surface area contributed by atoms with Gasteiger partial charge in [0.1, 0.15) is 5.76 Å². The van der Waals surface area contributed by atoms with Crippen LogP contribution in [0.4, 0.5) is 0 Å². The van der Waals surface area contributed by atoms with Crippen molar-refractivity contribution in [3.63, 3.8) is 0 Å². The Bertz CT molecular complexity index is 622. The monoisotopic (exact) mass is 380 g/mol. The van der Waals surface area contributed by atoms with E-state index in [1.165, 1.54) is 6.92 Å². The Kier molecular flexibility index (Phi) is 6.06. The number of aliphatic carboxylic acids is 1. The number of quaternary nitrogens is 1. The van der Waals surface area contributed by atoms with E-state index < -0.39 is 59.4 Å². The van der Waals surface area contributed by atoms with Crippen molar-refractivity contribution in [3.05, 3.63) is 11.3 Å². The molecule has 1 heterocycles. The van der Waals surface area contributed by atoms with Crippen molar-refractivity contribution in [2.24, 2.45) is 5.92 Å². The van der Waals surface area contributed by atoms with Crippen molar-refractivity contribution in [2.75, 3.05) is 0 Å². The molecule has 1 saturated heterocycles. The quantitative estimate of drug-likeness (QED) is 0.262. The second-order valence-corrected chi connectivity index (χ2v) is 6.34. The van der Waals surface area contributed by atoms with E-state index in [1.54, 1.807) is 0 Å². The zero-order valence-electron chi connectivity index (χ0n) is 13.6. The third kappa shape index (κ3) is 3.43. The van der Waals surface area contributed by atoms with Crippen molar-refractivity contribution < 1.29 is 57.7 Å². The number of carboxylic acid groups (broad SMARTS) is 1. The van der Waals surface area contributed by atoms with E-state index in [4.69, 9.17) is 4.74 Å². The van der Waals surface area contributed by atoms with E-state index in [1.807, 2.05) is 0 Å². The van der Waals surface area contributed by atoms with Gasteiger partial charge in [-0.15, -0.1) is 0 Å². The summed E-state index contributed by atoms with van der Waals surface area (Å²) in [6, 6.07) is -2.14. The van der Waals surface area contributed by atoms with Crippen molar-refractivity contribution in [3.8, 4) is 0 Å². The largest absolute Gasteiger partial charge is 1.00 e. The molecular weight excluding hydrogens is 360 g/mol. The van der Waals surface area contributed by atoms with Crippen LogP contribution in [0.25, 0.3) is 0 Å². The lowest BCUT2D eigenvalue weighted by atomic mass is 9.70. The van der Waals surface area contributed by atoms with Gasteiger partial charge < -0.3 is 48.6 Å². The van der Waals surface area contributed by atoms with Crippen LogP contribution in [-0.4, -0.2) is 68.2 Å². The Labute approximate surface area is 149 Å². The second-order valence-electron chi connectivity index (χ2n) is 6.34. The van der Waals surface area contributed by atoms with E-state index in [0.717, 1.165) is 6.92 Å². The van der Waals surface area contributed by atoms with Crippen LogP contribution in [0, 0.1) is 5.92 Å². The number of aliphatic hydroxyl groups is 3. The first kappa shape index (κ1) is 21.2. The molecule has 142 valence electrons. The van der Waals surface area contributed by atoms with Gasteiger partial charge in [-0.05, 0) is 13.8 Å². The SMILES string of the molecule is CC([NH3+])C(=O)N[C@@H]1[C@H]2C(=C(O)C[C@@H](O)[C@@H]2O)C(=O)O[C@]1(C)C(=O)O.[Cl-]. The van der Waals surface area contributed by atoms with Crippen LogP contribution >= 0.6 is 0 Å². The Morgan fingerprint density at radius 3 is 2.44 bits per heavy atom. The fourth-order valence-corrected chi connectivity index (χ4v) is 3.00. The average molecular weight is 381 g/mol. The molecule has 0 spiro atoms. The third-order valence-corrected chi connectivity index (χ3v) is 4.46. The van der Waals surface area contributed by atoms with Crippen LogP contribution in [0.5, 0.6) is 0 Å². The maximum atomic E-state index is 12.2. The van der Waals surface area contributed by atoms with Crippen LogP contribution in [0.2, 0.25) is 0 Å². The first-order valence-electron chi connectivity index (χ1n) is 7.39. The average Bonchev–Trinajstić information content (AvgIpc) is 2.46. The number of carbonyl (C=O) groups is 3. The Morgan fingerprint density at radius 2 is 1.96 bits per heavy atom. The molecule has 2 rings (SSSR count). The summed E-state index contributed by atoms with van der Waals surface area (Å²) in [7, 11) is 0. The fourth-order valence-electron chi connectivity index (χ4n) is 3.00. The molecule has 1 fully saturated rings. The molecule has 6 atom stereocenters. The molecule has 0 radical (unpaired) electrons. The van der Waals surface area contributed by atoms with Crippen molar-refractivity contribution in [2.45, 2.75) is 50.2 Å². The highest BCUT2D eigenvalue weighted by atomic mass is 35.5. The summed E-state index contributed by atoms with van der Waals surface area (Å²) in [4.78, 5) is 35.8. The van der Waals surface area contributed by atoms with Gasteiger partial charge in [0.05, 0.1) is 23.8 Å². The molecule has 0 aromatic carbocycles. The Balaban J connectivity index is 0.00000312. The molecule has 10 nitrogen and oxygen atoms in total. The van der Waals surface area contributed by atoms with Crippen LogP contribution in [0.3, 0.4) is 0 Å². The summed E-state index contributed by atoms with van der Waals surface area (Å²) in [6.45, 7) is 2.55. The van der Waals surface area contributed by atoms with Gasteiger partial charge in [0.2, 0.25) is 5.60 Å². The zero-order valence-corrected chi connectivity index (χ0v) is 14.4. The van der Waals surface area contributed by atoms with E-state index in [9.17, 15) is 34.8 Å². The van der Waals surface area contributed by atoms with Crippen molar-refractivity contribution >= 4 is 17.8 Å². The number of hydrogen-bond acceptors (Lipinski definition) is 7. The summed E-state index contributed by atoms with van der Waals surface area (Å²) in [5, 5.41) is 42.0. The number of amides is 1. The Morgan fingerprint density at radius 1 is 1.40 bits per heavy atom. The van der Waals surface area contributed by atoms with Gasteiger partial charge in [0, 0.05) is 12.3 Å². The molecule has 11 heteroatoms. The second kappa shape index (κ2) is 7.16. The van der Waals surface area contributed by atoms with Gasteiger partial charge in [-0.2, -0.15) is 0 Å². The first-order valence-corrected chi connectivity index (χ1v) is 7.39. The predicted molar refractivity (Wildman–Crippen MR) is 76.2 cm³/mol. The van der Waals surface area contributed by atoms with Gasteiger partial charge in [-0.1, -0.05) is 0 Å². The first-order chi connectivity index (χ1) is 11.0. The normalized spacial score (nSPS) is 35.8. The minimum atomic E-state index is -2.19. The van der Waals surface area contributed by atoms with Gasteiger partial charge in [-0.3, -0.25) is 4.79 Å². The molecule has 25 heavy (non-hydrogen) atoms. The molecule has 0 saturated carbocycles. The standard InChI is InChI=1S/C14H20N2O8.ClH/c1-4(15)11(20)16-10-8-7(5(17)3-6(18)9(8)19)12(21)24-14(10,2)13(22)23;/h4,6,8-10,17-19H,3,15H2,1-2H3,(H,16,20)(H,22,23);1H/t4?,6-,8+,9+,10-,14+;/m1./s1. The van der Waals surface area contributed by atoms with Gasteiger partial charge >= 0.3 is 11.9 Å². The highest BCUT2D eigenvalue weighted by Crippen LogP contribution is 2.42. The van der Waals surface area contributed by atoms with Crippen molar-refractivity contribution in [1.29, 1.82) is 0 Å². The topological polar surface area (TPSA) is 181 Å². The number of cyclic esters (lactones) is 1. The smallest absolute Gasteiger partial charge is 0.350 e. The summed E-state index contributed by atoms with van der Waals surface area (Å²) in [5.74, 6) is -5.11. The van der Waals surface area contributed by atoms with Crippen LogP contribution in [0.1, 0.15) is 20.3 Å². The number of aliphatic hydroxyl groups excluding tert-OH is 3. The number of ether oxygens (including phenoxy) is 1. The molecule has 2 aliphatic rings. The number of nitrogens with one attached hydrogen (secondary N) is 1. The predicted octanol–water partition coefficient (Wildman–Crippen LogP) is -5.94. The molecule has 1 amide bonds. The van der Waals surface area contributed by atoms with Crippen LogP contribution in [0.15, 0.2) is 11.3 Å². The van der Waals surface area contributed by atoms with E-state index >= 15 is 0 Å². The molecule has 0 aromatic heterocycles. The molecular formula is C14H21ClN2O8. The van der Waals surface area contributed by atoms with Gasteiger partial charge in [0.15, 0.2) is 6.04 Å². The lowest BCUT2D eigenvalue weighted by molar-refractivity contribution is -0.398. The molecule has 1 unspecified atom stereocenters. The van der Waals surface area contributed by atoms with Gasteiger partial charge in [0.25, 0.3) is 5.91 Å². The molecule has 0 bridgehead atoms. The third-order valence-electron chi connectivity index (χ3n) is 4.46. The lowest BCUT2D eigenvalue weighted by Gasteiger charge is -2.47. The number of carbonyl (C=O) groups excluding carboxylic acids is 2. The number of fused-ring (bicyclic) bond motifs is 1. The number of hydrogen-bond donors (Lipinski definition) is 6. The lowest BCUT2D eigenvalue weighted by Crippen LogP contribution is -3.00.